The summed E-state index contributed by atoms with van der Waals surface area (Å²) in [5.74, 6) is 0.612. The Kier molecular flexibility index (Phi) is 8.78. The second kappa shape index (κ2) is 12.4. The maximum absolute atomic E-state index is 13.2. The van der Waals surface area contributed by atoms with Crippen LogP contribution < -0.4 is 10.1 Å². The Balaban J connectivity index is 1.46. The number of nitrogens with zero attached hydrogens (tertiary/aromatic N) is 4. The normalized spacial score (nSPS) is 17.5. The average molecular weight is 492 g/mol. The number of rotatable bonds is 9. The minimum absolute atomic E-state index is 0.0727. The molecule has 9 nitrogen and oxygen atoms in total. The molecular weight excluding hydrogens is 458 g/mol. The van der Waals surface area contributed by atoms with Gasteiger partial charge in [0.25, 0.3) is 5.91 Å². The summed E-state index contributed by atoms with van der Waals surface area (Å²) in [4.78, 5) is 32.4. The van der Waals surface area contributed by atoms with Crippen LogP contribution in [0, 0.1) is 5.92 Å². The highest BCUT2D eigenvalue weighted by Gasteiger charge is 2.31. The third-order valence-electron chi connectivity index (χ3n) is 6.41. The third kappa shape index (κ3) is 6.34. The zero-order valence-electron chi connectivity index (χ0n) is 20.9. The van der Waals surface area contributed by atoms with Gasteiger partial charge in [0.2, 0.25) is 5.91 Å². The molecule has 2 aliphatic heterocycles. The fourth-order valence-corrected chi connectivity index (χ4v) is 4.38. The van der Waals surface area contributed by atoms with E-state index in [0.717, 1.165) is 43.2 Å². The van der Waals surface area contributed by atoms with Crippen molar-refractivity contribution in [2.75, 3.05) is 32.2 Å². The van der Waals surface area contributed by atoms with Crippen molar-refractivity contribution in [2.24, 2.45) is 16.1 Å². The molecule has 1 fully saturated rings. The monoisotopic (exact) mass is 491 g/mol. The van der Waals surface area contributed by atoms with Crippen LogP contribution in [0.1, 0.15) is 59.8 Å². The Bertz CT molecular complexity index is 1140. The summed E-state index contributed by atoms with van der Waals surface area (Å²) in [7, 11) is 1.55. The summed E-state index contributed by atoms with van der Waals surface area (Å²) >= 11 is 0. The topological polar surface area (TPSA) is 105 Å². The molecule has 2 aliphatic rings. The smallest absolute Gasteiger partial charge is 0.260 e. The maximum atomic E-state index is 13.2. The lowest BCUT2D eigenvalue weighted by Gasteiger charge is -2.31. The fraction of sp³-hybridized carbons (Fsp3) is 0.444. The van der Waals surface area contributed by atoms with E-state index in [1.807, 2.05) is 17.0 Å². The number of methoxy groups -OCH3 is 1. The number of hydrogen-bond donors (Lipinski definition) is 1. The molecule has 0 radical (unpaired) electrons. The molecule has 4 rings (SSSR count). The van der Waals surface area contributed by atoms with E-state index in [1.165, 1.54) is 0 Å². The summed E-state index contributed by atoms with van der Waals surface area (Å²) in [5, 5.41) is 10.9. The van der Waals surface area contributed by atoms with E-state index in [0.29, 0.717) is 49.1 Å². The largest absolute Gasteiger partial charge is 0.496 e. The Hall–Kier alpha value is -3.59. The third-order valence-corrected chi connectivity index (χ3v) is 6.41. The van der Waals surface area contributed by atoms with Crippen molar-refractivity contribution in [1.29, 1.82) is 0 Å². The van der Waals surface area contributed by atoms with Gasteiger partial charge in [0.05, 0.1) is 37.1 Å². The van der Waals surface area contributed by atoms with Crippen molar-refractivity contribution in [3.05, 3.63) is 52.7 Å². The number of ether oxygens (including phenoxy) is 2. The molecule has 0 saturated carbocycles. The number of anilines is 1. The lowest BCUT2D eigenvalue weighted by molar-refractivity contribution is -0.136. The van der Waals surface area contributed by atoms with Gasteiger partial charge >= 0.3 is 0 Å². The molecule has 9 heteroatoms. The molecule has 1 N–H and O–H groups in total. The predicted octanol–water partition coefficient (Wildman–Crippen LogP) is 3.86. The van der Waals surface area contributed by atoms with Gasteiger partial charge in [-0.3, -0.25) is 9.59 Å². The molecule has 2 aromatic rings. The first-order valence-electron chi connectivity index (χ1n) is 12.5. The van der Waals surface area contributed by atoms with Crippen molar-refractivity contribution in [2.45, 2.75) is 45.6 Å². The molecule has 2 amide bonds. The highest BCUT2D eigenvalue weighted by Crippen LogP contribution is 2.30. The van der Waals surface area contributed by atoms with E-state index in [-0.39, 0.29) is 17.7 Å². The maximum Gasteiger partial charge on any atom is 0.260 e. The molecule has 1 saturated heterocycles. The molecule has 1 aromatic carbocycles. The molecular formula is C27H33N5O4. The number of fused-ring (bicyclic) bond motifs is 1. The number of hydrogen-bond acceptors (Lipinski definition) is 7. The molecule has 3 heterocycles. The lowest BCUT2D eigenvalue weighted by atomic mass is 9.95. The van der Waals surface area contributed by atoms with Gasteiger partial charge < -0.3 is 19.7 Å². The van der Waals surface area contributed by atoms with Gasteiger partial charge in [-0.05, 0) is 61.1 Å². The Morgan fingerprint density at radius 3 is 2.94 bits per heavy atom. The number of nitrogens with one attached hydrogen (secondary N) is 1. The zero-order chi connectivity index (χ0) is 25.3. The first kappa shape index (κ1) is 25.5. The lowest BCUT2D eigenvalue weighted by Crippen LogP contribution is -2.40. The molecule has 0 unspecified atom stereocenters. The number of benzene rings is 1. The number of pyridine rings is 1. The van der Waals surface area contributed by atoms with Crippen LogP contribution in [-0.4, -0.2) is 61.0 Å². The van der Waals surface area contributed by atoms with Crippen molar-refractivity contribution in [3.8, 4) is 5.75 Å². The van der Waals surface area contributed by atoms with Crippen molar-refractivity contribution in [3.63, 3.8) is 0 Å². The van der Waals surface area contributed by atoms with Gasteiger partial charge in [-0.25, -0.2) is 4.98 Å². The molecule has 0 spiro atoms. The van der Waals surface area contributed by atoms with E-state index < -0.39 is 0 Å². The molecule has 1 aromatic heterocycles. The van der Waals surface area contributed by atoms with Gasteiger partial charge in [-0.15, -0.1) is 0 Å². The zero-order valence-corrected chi connectivity index (χ0v) is 20.9. The van der Waals surface area contributed by atoms with Crippen LogP contribution in [0.3, 0.4) is 0 Å². The molecule has 190 valence electrons. The Labute approximate surface area is 211 Å². The summed E-state index contributed by atoms with van der Waals surface area (Å²) in [6.07, 6.45) is 7.90. The van der Waals surface area contributed by atoms with E-state index in [9.17, 15) is 9.59 Å². The van der Waals surface area contributed by atoms with Gasteiger partial charge in [0.15, 0.2) is 0 Å². The van der Waals surface area contributed by atoms with Crippen LogP contribution in [0.4, 0.5) is 5.82 Å². The van der Waals surface area contributed by atoms with Crippen LogP contribution in [0.5, 0.6) is 5.75 Å². The highest BCUT2D eigenvalue weighted by atomic mass is 16.5. The predicted molar refractivity (Wildman–Crippen MR) is 139 cm³/mol. The van der Waals surface area contributed by atoms with Crippen LogP contribution in [0.25, 0.3) is 0 Å². The molecule has 0 bridgehead atoms. The number of aromatic nitrogens is 1. The van der Waals surface area contributed by atoms with Crippen LogP contribution in [-0.2, 0) is 22.5 Å². The SMILES string of the molecule is CCCC/C=N/N=C/c1cccc(NC(=O)c2cc3c(cc2OC)CCN(C(=O)[C@@H]2CCOC2)C3)n1. The highest BCUT2D eigenvalue weighted by molar-refractivity contribution is 6.06. The van der Waals surface area contributed by atoms with Crippen LogP contribution >= 0.6 is 0 Å². The van der Waals surface area contributed by atoms with E-state index in [2.05, 4.69) is 27.4 Å². The number of carbonyl (C=O) groups excluding carboxylic acids is 2. The van der Waals surface area contributed by atoms with Gasteiger partial charge in [0, 0.05) is 25.9 Å². The first-order chi connectivity index (χ1) is 17.6. The van der Waals surface area contributed by atoms with Crippen LogP contribution in [0.2, 0.25) is 0 Å². The number of unbranched alkanes of at least 4 members (excludes halogenated alkanes) is 2. The van der Waals surface area contributed by atoms with Crippen molar-refractivity contribution >= 4 is 30.1 Å². The van der Waals surface area contributed by atoms with Crippen LogP contribution in [0.15, 0.2) is 40.5 Å². The minimum atomic E-state index is -0.332. The number of amides is 2. The summed E-state index contributed by atoms with van der Waals surface area (Å²) in [5.41, 5.74) is 3.03. The first-order valence-corrected chi connectivity index (χ1v) is 12.5. The van der Waals surface area contributed by atoms with E-state index in [1.54, 1.807) is 37.7 Å². The minimum Gasteiger partial charge on any atom is -0.496 e. The van der Waals surface area contributed by atoms with E-state index in [4.69, 9.17) is 9.47 Å². The fourth-order valence-electron chi connectivity index (χ4n) is 4.38. The Morgan fingerprint density at radius 1 is 1.28 bits per heavy atom. The Morgan fingerprint density at radius 2 is 2.17 bits per heavy atom. The molecule has 36 heavy (non-hydrogen) atoms. The quantitative estimate of drug-likeness (QED) is 0.326. The summed E-state index contributed by atoms with van der Waals surface area (Å²) in [6.45, 7) is 4.37. The van der Waals surface area contributed by atoms with Gasteiger partial charge in [0.1, 0.15) is 11.6 Å². The summed E-state index contributed by atoms with van der Waals surface area (Å²) in [6, 6.07) is 9.03. The van der Waals surface area contributed by atoms with Crippen molar-refractivity contribution < 1.29 is 19.1 Å². The van der Waals surface area contributed by atoms with Crippen molar-refractivity contribution in [1.82, 2.24) is 9.88 Å². The molecule has 1 atom stereocenters. The summed E-state index contributed by atoms with van der Waals surface area (Å²) < 4.78 is 10.9. The number of carbonyl (C=O) groups is 2. The van der Waals surface area contributed by atoms with Gasteiger partial charge in [-0.2, -0.15) is 10.2 Å². The molecule has 0 aliphatic carbocycles. The second-order valence-electron chi connectivity index (χ2n) is 8.98. The standard InChI is InChI=1S/C27H33N5O4/c1-3-4-5-11-28-29-16-22-7-6-8-25(30-22)31-26(33)23-14-21-17-32(27(34)20-10-13-36-18-20)12-9-19(21)15-24(23)35-2/h6-8,11,14-16,20H,3-5,9-10,12-13,17-18H2,1-2H3,(H,30,31,33)/b28-11+,29-16+/t20-/m1/s1. The van der Waals surface area contributed by atoms with Gasteiger partial charge in [-0.1, -0.05) is 19.4 Å². The average Bonchev–Trinajstić information content (AvgIpc) is 3.44. The second-order valence-corrected chi connectivity index (χ2v) is 8.98. The van der Waals surface area contributed by atoms with E-state index >= 15 is 0 Å².